The summed E-state index contributed by atoms with van der Waals surface area (Å²) in [4.78, 5) is 4.25. The predicted octanol–water partition coefficient (Wildman–Crippen LogP) is 2.26. The molecule has 5 nitrogen and oxygen atoms in total. The molecule has 0 bridgehead atoms. The summed E-state index contributed by atoms with van der Waals surface area (Å²) in [5.74, 6) is 1.72. The van der Waals surface area contributed by atoms with Crippen molar-refractivity contribution in [2.75, 3.05) is 0 Å². The van der Waals surface area contributed by atoms with E-state index in [9.17, 15) is 0 Å². The predicted molar refractivity (Wildman–Crippen MR) is 64.8 cm³/mol. The lowest BCUT2D eigenvalue weighted by Crippen LogP contribution is -2.05. The van der Waals surface area contributed by atoms with E-state index in [1.165, 1.54) is 0 Å². The van der Waals surface area contributed by atoms with Crippen LogP contribution in [0, 0.1) is 0 Å². The minimum Gasteiger partial charge on any atom is -0.482 e. The van der Waals surface area contributed by atoms with Gasteiger partial charge in [0.25, 0.3) is 0 Å². The van der Waals surface area contributed by atoms with Gasteiger partial charge in [0, 0.05) is 25.0 Å². The largest absolute Gasteiger partial charge is 0.482 e. The topological polar surface area (TPSA) is 44.9 Å². The van der Waals surface area contributed by atoms with Gasteiger partial charge >= 0.3 is 0 Å². The molecule has 2 aromatic rings. The zero-order valence-electron chi connectivity index (χ0n) is 10.5. The fourth-order valence-electron chi connectivity index (χ4n) is 1.59. The molecule has 2 aromatic heterocycles. The summed E-state index contributed by atoms with van der Waals surface area (Å²) < 4.78 is 9.60. The third-order valence-electron chi connectivity index (χ3n) is 2.62. The molecule has 0 atom stereocenters. The van der Waals surface area contributed by atoms with Gasteiger partial charge in [-0.25, -0.2) is 4.98 Å². The molecule has 2 heterocycles. The van der Waals surface area contributed by atoms with Gasteiger partial charge in [0.15, 0.2) is 5.75 Å². The molecule has 0 amide bonds. The van der Waals surface area contributed by atoms with E-state index in [2.05, 4.69) is 35.4 Å². The highest BCUT2D eigenvalue weighted by Crippen LogP contribution is 2.13. The summed E-state index contributed by atoms with van der Waals surface area (Å²) in [6, 6.07) is 0.352. The van der Waals surface area contributed by atoms with Crippen molar-refractivity contribution < 1.29 is 4.74 Å². The molecule has 92 valence electrons. The summed E-state index contributed by atoms with van der Waals surface area (Å²) in [6.07, 6.45) is 7.39. The van der Waals surface area contributed by atoms with Crippen molar-refractivity contribution in [1.29, 1.82) is 0 Å². The van der Waals surface area contributed by atoms with Gasteiger partial charge in [-0.3, -0.25) is 4.68 Å². The minimum absolute atomic E-state index is 0.352. The third-order valence-corrected chi connectivity index (χ3v) is 2.62. The first-order chi connectivity index (χ1) is 8.20. The molecule has 17 heavy (non-hydrogen) atoms. The molecule has 0 saturated carbocycles. The van der Waals surface area contributed by atoms with Crippen molar-refractivity contribution in [2.24, 2.45) is 0 Å². The molecule has 2 rings (SSSR count). The second-order valence-electron chi connectivity index (χ2n) is 4.17. The van der Waals surface area contributed by atoms with E-state index >= 15 is 0 Å². The van der Waals surface area contributed by atoms with Gasteiger partial charge in [-0.2, -0.15) is 5.10 Å². The molecule has 5 heteroatoms. The Morgan fingerprint density at radius 2 is 2.24 bits per heavy atom. The van der Waals surface area contributed by atoms with Crippen molar-refractivity contribution >= 4 is 0 Å². The second-order valence-corrected chi connectivity index (χ2v) is 4.17. The first-order valence-electron chi connectivity index (χ1n) is 5.87. The monoisotopic (exact) mass is 234 g/mol. The first kappa shape index (κ1) is 11.7. The third kappa shape index (κ3) is 2.67. The zero-order chi connectivity index (χ0) is 12.3. The average Bonchev–Trinajstić information content (AvgIpc) is 2.95. The molecule has 0 aliphatic rings. The van der Waals surface area contributed by atoms with Gasteiger partial charge in [-0.15, -0.1) is 0 Å². The number of imidazole rings is 1. The molecule has 0 radical (unpaired) electrons. The number of rotatable bonds is 5. The molecule has 0 unspecified atom stereocenters. The molecule has 0 fully saturated rings. The van der Waals surface area contributed by atoms with Crippen LogP contribution in [0.3, 0.4) is 0 Å². The number of hydrogen-bond acceptors (Lipinski definition) is 3. The highest BCUT2D eigenvalue weighted by atomic mass is 16.5. The van der Waals surface area contributed by atoms with Crippen LogP contribution >= 0.6 is 0 Å². The van der Waals surface area contributed by atoms with Crippen molar-refractivity contribution in [1.82, 2.24) is 19.3 Å². The highest BCUT2D eigenvalue weighted by Gasteiger charge is 2.05. The van der Waals surface area contributed by atoms with Crippen molar-refractivity contribution in [2.45, 2.75) is 40.0 Å². The molecule has 0 aliphatic carbocycles. The van der Waals surface area contributed by atoms with Gasteiger partial charge in [0.2, 0.25) is 0 Å². The molecule has 0 spiro atoms. The SMILES string of the molecule is CCn1ccnc1COc1cnn(C(C)C)c1. The van der Waals surface area contributed by atoms with Crippen molar-refractivity contribution in [3.8, 4) is 5.75 Å². The number of aryl methyl sites for hydroxylation is 1. The second kappa shape index (κ2) is 5.03. The van der Waals surface area contributed by atoms with Crippen LogP contribution in [0.4, 0.5) is 0 Å². The van der Waals surface area contributed by atoms with Gasteiger partial charge in [-0.05, 0) is 20.8 Å². The van der Waals surface area contributed by atoms with Crippen molar-refractivity contribution in [3.05, 3.63) is 30.6 Å². The van der Waals surface area contributed by atoms with Gasteiger partial charge < -0.3 is 9.30 Å². The number of nitrogens with zero attached hydrogens (tertiary/aromatic N) is 4. The average molecular weight is 234 g/mol. The molecule has 0 aromatic carbocycles. The maximum absolute atomic E-state index is 5.66. The lowest BCUT2D eigenvalue weighted by Gasteiger charge is -2.06. The van der Waals surface area contributed by atoms with Crippen molar-refractivity contribution in [3.63, 3.8) is 0 Å². The molecule has 0 N–H and O–H groups in total. The fourth-order valence-corrected chi connectivity index (χ4v) is 1.59. The summed E-state index contributed by atoms with van der Waals surface area (Å²) in [5, 5.41) is 4.22. The van der Waals surface area contributed by atoms with Gasteiger partial charge in [-0.1, -0.05) is 0 Å². The fraction of sp³-hybridized carbons (Fsp3) is 0.500. The highest BCUT2D eigenvalue weighted by molar-refractivity contribution is 5.12. The number of ether oxygens (including phenoxy) is 1. The zero-order valence-corrected chi connectivity index (χ0v) is 10.5. The lowest BCUT2D eigenvalue weighted by atomic mass is 10.4. The summed E-state index contributed by atoms with van der Waals surface area (Å²) in [6.45, 7) is 7.64. The number of hydrogen-bond donors (Lipinski definition) is 0. The molecular formula is C12H18N4O. The summed E-state index contributed by atoms with van der Waals surface area (Å²) >= 11 is 0. The Balaban J connectivity index is 1.97. The molecule has 0 saturated heterocycles. The van der Waals surface area contributed by atoms with E-state index in [0.717, 1.165) is 18.1 Å². The van der Waals surface area contributed by atoms with E-state index in [1.807, 2.05) is 17.1 Å². The summed E-state index contributed by atoms with van der Waals surface area (Å²) in [5.41, 5.74) is 0. The minimum atomic E-state index is 0.352. The van der Waals surface area contributed by atoms with Crippen LogP contribution in [0.1, 0.15) is 32.6 Å². The number of aromatic nitrogens is 4. The standard InChI is InChI=1S/C12H18N4O/c1-4-15-6-5-13-12(15)9-17-11-7-14-16(8-11)10(2)3/h5-8,10H,4,9H2,1-3H3. The van der Waals surface area contributed by atoms with Crippen LogP contribution in [0.5, 0.6) is 5.75 Å². The van der Waals surface area contributed by atoms with Crippen LogP contribution in [0.25, 0.3) is 0 Å². The van der Waals surface area contributed by atoms with Crippen LogP contribution in [-0.2, 0) is 13.2 Å². The van der Waals surface area contributed by atoms with E-state index in [4.69, 9.17) is 4.74 Å². The van der Waals surface area contributed by atoms with E-state index in [-0.39, 0.29) is 0 Å². The van der Waals surface area contributed by atoms with E-state index in [1.54, 1.807) is 12.4 Å². The Hall–Kier alpha value is -1.78. The Morgan fingerprint density at radius 1 is 1.41 bits per heavy atom. The van der Waals surface area contributed by atoms with Crippen LogP contribution in [0.2, 0.25) is 0 Å². The Morgan fingerprint density at radius 3 is 2.88 bits per heavy atom. The Bertz CT molecular complexity index is 472. The first-order valence-corrected chi connectivity index (χ1v) is 5.87. The molecule has 0 aliphatic heterocycles. The normalized spacial score (nSPS) is 11.1. The van der Waals surface area contributed by atoms with Crippen LogP contribution < -0.4 is 4.74 Å². The Kier molecular flexibility index (Phi) is 3.46. The lowest BCUT2D eigenvalue weighted by molar-refractivity contribution is 0.289. The van der Waals surface area contributed by atoms with Gasteiger partial charge in [0.05, 0.1) is 12.4 Å². The van der Waals surface area contributed by atoms with E-state index in [0.29, 0.717) is 12.6 Å². The molecular weight excluding hydrogens is 216 g/mol. The van der Waals surface area contributed by atoms with E-state index < -0.39 is 0 Å². The quantitative estimate of drug-likeness (QED) is 0.797. The smallest absolute Gasteiger partial charge is 0.157 e. The Labute approximate surface area is 101 Å². The van der Waals surface area contributed by atoms with Crippen LogP contribution in [0.15, 0.2) is 24.8 Å². The maximum Gasteiger partial charge on any atom is 0.157 e. The van der Waals surface area contributed by atoms with Crippen LogP contribution in [-0.4, -0.2) is 19.3 Å². The maximum atomic E-state index is 5.66. The summed E-state index contributed by atoms with van der Waals surface area (Å²) in [7, 11) is 0. The van der Waals surface area contributed by atoms with Gasteiger partial charge in [0.1, 0.15) is 12.4 Å².